The van der Waals surface area contributed by atoms with Gasteiger partial charge in [-0.05, 0) is 55.0 Å². The van der Waals surface area contributed by atoms with Gasteiger partial charge in [-0.1, -0.05) is 59.3 Å². The molecular formula is C35H25ClN2O8S. The number of methoxy groups -OCH3 is 1. The van der Waals surface area contributed by atoms with E-state index in [1.165, 1.54) is 11.7 Å². The molecule has 0 spiro atoms. The highest BCUT2D eigenvalue weighted by Gasteiger charge is 2.36. The maximum Gasteiger partial charge on any atom is 0.338 e. The molecule has 0 N–H and O–H groups in total. The van der Waals surface area contributed by atoms with E-state index in [2.05, 4.69) is 0 Å². The van der Waals surface area contributed by atoms with Crippen LogP contribution in [0.2, 0.25) is 5.02 Å². The highest BCUT2D eigenvalue weighted by Crippen LogP contribution is 2.40. The summed E-state index contributed by atoms with van der Waals surface area (Å²) < 4.78 is 29.5. The summed E-state index contributed by atoms with van der Waals surface area (Å²) in [5.74, 6) is 0.648. The number of nitrogens with zero attached hydrogens (tertiary/aromatic N) is 2. The van der Waals surface area contributed by atoms with Crippen molar-refractivity contribution in [1.82, 2.24) is 4.57 Å². The molecule has 0 saturated carbocycles. The second-order valence-corrected chi connectivity index (χ2v) is 11.9. The van der Waals surface area contributed by atoms with Gasteiger partial charge in [0.05, 0.1) is 41.1 Å². The summed E-state index contributed by atoms with van der Waals surface area (Å²) in [7, 11) is 1.29. The summed E-state index contributed by atoms with van der Waals surface area (Å²) in [6.45, 7) is 1.92. The molecule has 3 aromatic carbocycles. The van der Waals surface area contributed by atoms with Crippen molar-refractivity contribution < 1.29 is 33.0 Å². The van der Waals surface area contributed by atoms with Crippen LogP contribution in [-0.4, -0.2) is 37.0 Å². The van der Waals surface area contributed by atoms with Gasteiger partial charge in [0, 0.05) is 22.2 Å². The van der Waals surface area contributed by atoms with Gasteiger partial charge in [-0.15, -0.1) is 0 Å². The molecule has 12 heteroatoms. The van der Waals surface area contributed by atoms with E-state index in [4.69, 9.17) is 40.0 Å². The monoisotopic (exact) mass is 668 g/mol. The van der Waals surface area contributed by atoms with E-state index < -0.39 is 18.0 Å². The van der Waals surface area contributed by atoms with Crippen molar-refractivity contribution in [2.45, 2.75) is 13.0 Å². The molecule has 47 heavy (non-hydrogen) atoms. The fraction of sp³-hybridized carbons (Fsp3) is 0.143. The van der Waals surface area contributed by atoms with Gasteiger partial charge in [0.25, 0.3) is 5.56 Å². The molecule has 5 aromatic rings. The van der Waals surface area contributed by atoms with Gasteiger partial charge < -0.3 is 23.4 Å². The highest BCUT2D eigenvalue weighted by atomic mass is 35.5. The molecule has 10 nitrogen and oxygen atoms in total. The number of aromatic nitrogens is 1. The molecule has 236 valence electrons. The molecule has 2 aliphatic rings. The molecule has 0 radical (unpaired) electrons. The van der Waals surface area contributed by atoms with Crippen LogP contribution in [0.5, 0.6) is 11.5 Å². The van der Waals surface area contributed by atoms with Crippen molar-refractivity contribution >= 4 is 46.6 Å². The fourth-order valence-electron chi connectivity index (χ4n) is 5.55. The summed E-state index contributed by atoms with van der Waals surface area (Å²) in [6.07, 6.45) is 1.60. The molecule has 4 heterocycles. The van der Waals surface area contributed by atoms with E-state index in [9.17, 15) is 14.4 Å². The lowest BCUT2D eigenvalue weighted by Gasteiger charge is -2.26. The second kappa shape index (κ2) is 12.4. The Kier molecular flexibility index (Phi) is 8.00. The van der Waals surface area contributed by atoms with E-state index in [1.54, 1.807) is 61.5 Å². The molecule has 0 amide bonds. The van der Waals surface area contributed by atoms with Crippen molar-refractivity contribution in [2.75, 3.05) is 20.5 Å². The van der Waals surface area contributed by atoms with Crippen molar-refractivity contribution in [3.05, 3.63) is 132 Å². The Hall–Kier alpha value is -5.39. The second-order valence-electron chi connectivity index (χ2n) is 10.4. The topological polar surface area (TPSA) is 119 Å². The summed E-state index contributed by atoms with van der Waals surface area (Å²) in [5.41, 5.74) is 2.26. The van der Waals surface area contributed by atoms with Gasteiger partial charge >= 0.3 is 11.9 Å². The van der Waals surface area contributed by atoms with Gasteiger partial charge in [0.1, 0.15) is 11.5 Å². The van der Waals surface area contributed by atoms with E-state index in [0.717, 1.165) is 11.3 Å². The lowest BCUT2D eigenvalue weighted by atomic mass is 9.93. The molecule has 0 fully saturated rings. The van der Waals surface area contributed by atoms with Crippen LogP contribution in [0.15, 0.2) is 98.6 Å². The number of fused-ring (bicyclic) bond motifs is 2. The number of thiazole rings is 1. The zero-order valence-corrected chi connectivity index (χ0v) is 26.6. The van der Waals surface area contributed by atoms with Gasteiger partial charge in [-0.25, -0.2) is 14.6 Å². The van der Waals surface area contributed by atoms with Gasteiger partial charge in [-0.3, -0.25) is 9.36 Å². The van der Waals surface area contributed by atoms with E-state index in [1.807, 2.05) is 30.3 Å². The Morgan fingerprint density at radius 1 is 1.02 bits per heavy atom. The molecule has 0 aliphatic carbocycles. The fourth-order valence-corrected chi connectivity index (χ4v) is 6.70. The van der Waals surface area contributed by atoms with Crippen LogP contribution in [0.25, 0.3) is 23.1 Å². The van der Waals surface area contributed by atoms with Crippen molar-refractivity contribution in [3.63, 3.8) is 0 Å². The standard InChI is InChI=1S/C35H25ClN2O8S/c1-3-43-34(41)29-30(19-7-5-4-6-8-19)37-35-38(31(29)20-9-13-26-27(15-20)45-18-44-26)32(39)28(47-35)17-22-11-14-25(46-22)24-16-21(36)10-12-23(24)33(40)42-2/h4-17,31H,3,18H2,1-2H3/b28-17+/t31-/m0/s1. The Morgan fingerprint density at radius 3 is 2.62 bits per heavy atom. The maximum absolute atomic E-state index is 14.2. The molecule has 7 rings (SSSR count). The molecule has 1 atom stereocenters. The highest BCUT2D eigenvalue weighted by molar-refractivity contribution is 7.07. The number of ether oxygens (including phenoxy) is 4. The SMILES string of the molecule is CCOC(=O)C1=C(c2ccccc2)N=c2s/c(=C/c3ccc(-c4cc(Cl)ccc4C(=O)OC)o3)c(=O)n2[C@H]1c1ccc2c(c1)OCO2. The lowest BCUT2D eigenvalue weighted by molar-refractivity contribution is -0.138. The minimum Gasteiger partial charge on any atom is -0.465 e. The molecular weight excluding hydrogens is 644 g/mol. The minimum absolute atomic E-state index is 0.0683. The van der Waals surface area contributed by atoms with Gasteiger partial charge in [0.2, 0.25) is 6.79 Å². The minimum atomic E-state index is -0.890. The van der Waals surface area contributed by atoms with Crippen molar-refractivity contribution in [2.24, 2.45) is 4.99 Å². The quantitative estimate of drug-likeness (QED) is 0.213. The van der Waals surface area contributed by atoms with Crippen LogP contribution in [0.1, 0.15) is 40.2 Å². The number of hydrogen-bond donors (Lipinski definition) is 0. The number of hydrogen-bond acceptors (Lipinski definition) is 10. The largest absolute Gasteiger partial charge is 0.465 e. The van der Waals surface area contributed by atoms with Crippen LogP contribution in [0.3, 0.4) is 0 Å². The third-order valence-electron chi connectivity index (χ3n) is 7.64. The van der Waals surface area contributed by atoms with Crippen molar-refractivity contribution in [3.8, 4) is 22.8 Å². The number of carbonyl (C=O) groups excluding carboxylic acids is 2. The number of furan rings is 1. The number of esters is 2. The Bertz CT molecular complexity index is 2270. The number of rotatable bonds is 7. The third kappa shape index (κ3) is 5.53. The van der Waals surface area contributed by atoms with Crippen LogP contribution in [0, 0.1) is 0 Å². The zero-order valence-electron chi connectivity index (χ0n) is 25.0. The molecule has 0 saturated heterocycles. The summed E-state index contributed by atoms with van der Waals surface area (Å²) in [5, 5.41) is 0.411. The van der Waals surface area contributed by atoms with E-state index in [-0.39, 0.29) is 30.1 Å². The zero-order chi connectivity index (χ0) is 32.7. The average Bonchev–Trinajstić information content (AvgIpc) is 3.83. The number of benzene rings is 3. The third-order valence-corrected chi connectivity index (χ3v) is 8.86. The Labute approximate surface area is 276 Å². The summed E-state index contributed by atoms with van der Waals surface area (Å²) >= 11 is 7.39. The van der Waals surface area contributed by atoms with E-state index in [0.29, 0.717) is 59.8 Å². The molecule has 2 aromatic heterocycles. The van der Waals surface area contributed by atoms with Gasteiger partial charge in [-0.2, -0.15) is 0 Å². The van der Waals surface area contributed by atoms with Crippen LogP contribution in [-0.2, 0) is 14.3 Å². The summed E-state index contributed by atoms with van der Waals surface area (Å²) in [4.78, 5) is 45.6. The van der Waals surface area contributed by atoms with Crippen molar-refractivity contribution in [1.29, 1.82) is 0 Å². The first kappa shape index (κ1) is 30.3. The first-order chi connectivity index (χ1) is 22.9. The van der Waals surface area contributed by atoms with Crippen LogP contribution >= 0.6 is 22.9 Å². The Morgan fingerprint density at radius 2 is 1.83 bits per heavy atom. The average molecular weight is 669 g/mol. The Balaban J connectivity index is 1.41. The predicted molar refractivity (Wildman–Crippen MR) is 174 cm³/mol. The van der Waals surface area contributed by atoms with E-state index >= 15 is 0 Å². The molecule has 0 bridgehead atoms. The van der Waals surface area contributed by atoms with Gasteiger partial charge in [0.15, 0.2) is 16.3 Å². The maximum atomic E-state index is 14.2. The lowest BCUT2D eigenvalue weighted by Crippen LogP contribution is -2.40. The predicted octanol–water partition coefficient (Wildman–Crippen LogP) is 5.36. The van der Waals surface area contributed by atoms with Crippen LogP contribution in [0.4, 0.5) is 0 Å². The first-order valence-corrected chi connectivity index (χ1v) is 15.7. The normalized spacial score (nSPS) is 15.3. The first-order valence-electron chi connectivity index (χ1n) is 14.5. The number of halogens is 1. The smallest absolute Gasteiger partial charge is 0.338 e. The molecule has 2 aliphatic heterocycles. The molecule has 0 unspecified atom stereocenters. The summed E-state index contributed by atoms with van der Waals surface area (Å²) in [6, 6.07) is 21.8. The van der Waals surface area contributed by atoms with Crippen LogP contribution < -0.4 is 24.4 Å². The number of carbonyl (C=O) groups is 2.